The number of amides is 2. The normalized spacial score (nSPS) is 23.4. The molecule has 0 spiro atoms. The van der Waals surface area contributed by atoms with Crippen molar-refractivity contribution in [3.05, 3.63) is 11.9 Å². The molecule has 2 heterocycles. The first-order valence-electron chi connectivity index (χ1n) is 10.0. The van der Waals surface area contributed by atoms with E-state index in [4.69, 9.17) is 0 Å². The number of aromatic nitrogens is 3. The molecule has 1 aliphatic heterocycles. The third-order valence-electron chi connectivity index (χ3n) is 5.41. The van der Waals surface area contributed by atoms with Crippen molar-refractivity contribution in [1.29, 1.82) is 0 Å². The van der Waals surface area contributed by atoms with E-state index in [1.165, 1.54) is 16.6 Å². The largest absolute Gasteiger partial charge is 0.391 e. The Morgan fingerprint density at radius 1 is 1.33 bits per heavy atom. The number of nitrogens with one attached hydrogen (secondary N) is 2. The van der Waals surface area contributed by atoms with Crippen LogP contribution in [0, 0.1) is 5.41 Å². The van der Waals surface area contributed by atoms with Gasteiger partial charge in [-0.2, -0.15) is 0 Å². The zero-order chi connectivity index (χ0) is 22.3. The van der Waals surface area contributed by atoms with Gasteiger partial charge in [-0.1, -0.05) is 26.0 Å². The molecule has 3 atom stereocenters. The lowest BCUT2D eigenvalue weighted by molar-refractivity contribution is -0.144. The van der Waals surface area contributed by atoms with Crippen molar-refractivity contribution < 1.29 is 23.1 Å². The second-order valence-corrected chi connectivity index (χ2v) is 11.1. The number of carbonyl (C=O) groups is 2. The maximum atomic E-state index is 13.4. The number of likely N-dealkylation sites (N-methyl/N-ethyl adjacent to an activating group) is 1. The lowest BCUT2D eigenvalue weighted by Gasteiger charge is -2.34. The molecule has 168 valence electrons. The molecule has 0 aromatic carbocycles. The summed E-state index contributed by atoms with van der Waals surface area (Å²) in [5.74, 6) is -0.677. The van der Waals surface area contributed by atoms with Crippen LogP contribution in [0.25, 0.3) is 0 Å². The smallest absolute Gasteiger partial charge is 0.248 e. The molecule has 3 N–H and O–H groups in total. The average Bonchev–Trinajstić information content (AvgIpc) is 3.31. The monoisotopic (exact) mass is 442 g/mol. The van der Waals surface area contributed by atoms with Crippen molar-refractivity contribution in [2.75, 3.05) is 13.6 Å². The van der Waals surface area contributed by atoms with Gasteiger partial charge in [-0.05, 0) is 18.3 Å². The molecule has 0 bridgehead atoms. The second kappa shape index (κ2) is 8.23. The van der Waals surface area contributed by atoms with Gasteiger partial charge in [0.05, 0.1) is 29.8 Å². The Hall–Kier alpha value is -2.05. The van der Waals surface area contributed by atoms with Gasteiger partial charge in [0.2, 0.25) is 21.8 Å². The molecular weight excluding hydrogens is 412 g/mol. The molecule has 1 aliphatic carbocycles. The topological polar surface area (TPSA) is 147 Å². The van der Waals surface area contributed by atoms with Crippen LogP contribution in [0.3, 0.4) is 0 Å². The molecule has 2 aliphatic rings. The summed E-state index contributed by atoms with van der Waals surface area (Å²) < 4.78 is 28.0. The number of nitrogens with zero attached hydrogens (tertiary/aromatic N) is 4. The first kappa shape index (κ1) is 22.6. The molecule has 1 aromatic heterocycles. The van der Waals surface area contributed by atoms with E-state index in [0.29, 0.717) is 18.5 Å². The lowest BCUT2D eigenvalue weighted by Crippen LogP contribution is -2.49. The fourth-order valence-corrected chi connectivity index (χ4v) is 5.04. The molecule has 12 heteroatoms. The predicted octanol–water partition coefficient (Wildman–Crippen LogP) is -0.845. The van der Waals surface area contributed by atoms with Crippen molar-refractivity contribution in [3.8, 4) is 0 Å². The number of carbonyl (C=O) groups excluding carboxylic acids is 2. The van der Waals surface area contributed by atoms with Crippen molar-refractivity contribution in [3.63, 3.8) is 0 Å². The minimum absolute atomic E-state index is 0.00677. The number of sulfonamides is 1. The van der Waals surface area contributed by atoms with Crippen molar-refractivity contribution in [1.82, 2.24) is 29.9 Å². The first-order valence-corrected chi connectivity index (χ1v) is 11.6. The third kappa shape index (κ3) is 4.81. The highest BCUT2D eigenvalue weighted by Gasteiger charge is 2.45. The Morgan fingerprint density at radius 3 is 2.57 bits per heavy atom. The van der Waals surface area contributed by atoms with Crippen LogP contribution in [0.5, 0.6) is 0 Å². The van der Waals surface area contributed by atoms with E-state index in [9.17, 15) is 23.1 Å². The SMILES string of the molecule is CNC(=O)C1CC(O)CN1C(=O)[C@@H](n1cc(CNS(=O)(=O)C2CC2)nn1)C(C)(C)C. The average molecular weight is 443 g/mol. The van der Waals surface area contributed by atoms with E-state index in [2.05, 4.69) is 20.4 Å². The molecule has 1 saturated heterocycles. The fraction of sp³-hybridized carbons (Fsp3) is 0.778. The van der Waals surface area contributed by atoms with Crippen molar-refractivity contribution in [2.45, 2.75) is 70.0 Å². The standard InChI is InChI=1S/C18H30N6O5S/c1-18(2,3)15(17(27)23-10-12(25)7-14(23)16(26)19-4)24-9-11(21-22-24)8-20-30(28,29)13-5-6-13/h9,12-15,20,25H,5-8,10H2,1-4H3,(H,19,26)/t12?,14?,15-/m1/s1. The van der Waals surface area contributed by atoms with Gasteiger partial charge in [-0.15, -0.1) is 5.10 Å². The zero-order valence-corrected chi connectivity index (χ0v) is 18.5. The number of aliphatic hydroxyl groups is 1. The number of hydrogen-bond donors (Lipinski definition) is 3. The summed E-state index contributed by atoms with van der Waals surface area (Å²) >= 11 is 0. The molecule has 2 amide bonds. The molecule has 3 rings (SSSR count). The minimum Gasteiger partial charge on any atom is -0.391 e. The Balaban J connectivity index is 1.80. The van der Waals surface area contributed by atoms with Crippen molar-refractivity contribution >= 4 is 21.8 Å². The van der Waals surface area contributed by atoms with E-state index in [1.54, 1.807) is 6.20 Å². The van der Waals surface area contributed by atoms with Gasteiger partial charge in [0, 0.05) is 20.0 Å². The number of hydrogen-bond acceptors (Lipinski definition) is 7. The number of likely N-dealkylation sites (tertiary alicyclic amines) is 1. The lowest BCUT2D eigenvalue weighted by atomic mass is 9.85. The van der Waals surface area contributed by atoms with E-state index >= 15 is 0 Å². The van der Waals surface area contributed by atoms with Gasteiger partial charge in [0.1, 0.15) is 12.1 Å². The summed E-state index contributed by atoms with van der Waals surface area (Å²) in [6, 6.07) is -1.54. The Labute approximate surface area is 176 Å². The Kier molecular flexibility index (Phi) is 6.21. The summed E-state index contributed by atoms with van der Waals surface area (Å²) in [5.41, 5.74) is -0.179. The second-order valence-electron chi connectivity index (χ2n) is 9.03. The highest BCUT2D eigenvalue weighted by Crippen LogP contribution is 2.34. The van der Waals surface area contributed by atoms with Gasteiger partial charge >= 0.3 is 0 Å². The Bertz CT molecular complexity index is 904. The van der Waals surface area contributed by atoms with Gasteiger partial charge in [-0.3, -0.25) is 9.59 Å². The summed E-state index contributed by atoms with van der Waals surface area (Å²) in [6.45, 7) is 5.66. The zero-order valence-electron chi connectivity index (χ0n) is 17.7. The van der Waals surface area contributed by atoms with Crippen LogP contribution in [0.2, 0.25) is 0 Å². The first-order chi connectivity index (χ1) is 13.9. The van der Waals surface area contributed by atoms with E-state index < -0.39 is 33.6 Å². The summed E-state index contributed by atoms with van der Waals surface area (Å²) in [7, 11) is -1.86. The van der Waals surface area contributed by atoms with E-state index in [0.717, 1.165) is 0 Å². The van der Waals surface area contributed by atoms with Crippen molar-refractivity contribution in [2.24, 2.45) is 5.41 Å². The molecule has 30 heavy (non-hydrogen) atoms. The van der Waals surface area contributed by atoms with Gasteiger partial charge in [0.15, 0.2) is 0 Å². The van der Waals surface area contributed by atoms with Crippen LogP contribution >= 0.6 is 0 Å². The highest BCUT2D eigenvalue weighted by molar-refractivity contribution is 7.90. The van der Waals surface area contributed by atoms with Crippen LogP contribution in [-0.2, 0) is 26.2 Å². The molecule has 1 saturated carbocycles. The molecule has 1 aromatic rings. The molecule has 2 fully saturated rings. The van der Waals surface area contributed by atoms with Crippen LogP contribution < -0.4 is 10.0 Å². The maximum absolute atomic E-state index is 13.4. The van der Waals surface area contributed by atoms with E-state index in [-0.39, 0.29) is 36.6 Å². The fourth-order valence-electron chi connectivity index (χ4n) is 3.70. The minimum atomic E-state index is -3.35. The number of aliphatic hydroxyl groups excluding tert-OH is 1. The summed E-state index contributed by atoms with van der Waals surface area (Å²) in [5, 5.41) is 20.3. The maximum Gasteiger partial charge on any atom is 0.248 e. The number of β-amino-alcohol motifs (C(OH)–C–C–N with tert-alkyl or cyclic N) is 1. The highest BCUT2D eigenvalue weighted by atomic mass is 32.2. The third-order valence-corrected chi connectivity index (χ3v) is 7.30. The molecule has 2 unspecified atom stereocenters. The number of rotatable bonds is 7. The molecular formula is C18H30N6O5S. The molecule has 0 radical (unpaired) electrons. The Morgan fingerprint density at radius 2 is 2.00 bits per heavy atom. The quantitative estimate of drug-likeness (QED) is 0.499. The molecule has 11 nitrogen and oxygen atoms in total. The van der Waals surface area contributed by atoms with Crippen LogP contribution in [-0.4, -0.2) is 76.2 Å². The van der Waals surface area contributed by atoms with Gasteiger partial charge in [0.25, 0.3) is 0 Å². The van der Waals surface area contributed by atoms with Gasteiger partial charge < -0.3 is 15.3 Å². The van der Waals surface area contributed by atoms with Crippen LogP contribution in [0.15, 0.2) is 6.20 Å². The van der Waals surface area contributed by atoms with Crippen LogP contribution in [0.1, 0.15) is 51.8 Å². The predicted molar refractivity (Wildman–Crippen MR) is 107 cm³/mol. The summed E-state index contributed by atoms with van der Waals surface area (Å²) in [6.07, 6.45) is 2.27. The van der Waals surface area contributed by atoms with E-state index in [1.807, 2.05) is 20.8 Å². The summed E-state index contributed by atoms with van der Waals surface area (Å²) in [4.78, 5) is 27.0. The van der Waals surface area contributed by atoms with Gasteiger partial charge in [-0.25, -0.2) is 17.8 Å². The van der Waals surface area contributed by atoms with Crippen LogP contribution in [0.4, 0.5) is 0 Å².